The molecule has 2 aromatic heterocycles. The maximum Gasteiger partial charge on any atom is 0.262 e. The lowest BCUT2D eigenvalue weighted by molar-refractivity contribution is -0.131. The van der Waals surface area contributed by atoms with Crippen molar-refractivity contribution in [2.45, 2.75) is 26.3 Å². The molecule has 3 aromatic rings. The van der Waals surface area contributed by atoms with Gasteiger partial charge in [-0.2, -0.15) is 5.10 Å². The highest BCUT2D eigenvalue weighted by Gasteiger charge is 2.33. The molecule has 6 heteroatoms. The smallest absolute Gasteiger partial charge is 0.262 e. The lowest BCUT2D eigenvalue weighted by Gasteiger charge is -2.21. The maximum atomic E-state index is 13.0. The van der Waals surface area contributed by atoms with Gasteiger partial charge in [0.2, 0.25) is 0 Å². The molecule has 0 bridgehead atoms. The van der Waals surface area contributed by atoms with Crippen molar-refractivity contribution < 1.29 is 4.79 Å². The van der Waals surface area contributed by atoms with Crippen molar-refractivity contribution in [3.8, 4) is 0 Å². The zero-order chi connectivity index (χ0) is 18.8. The number of amides is 1. The zero-order valence-electron chi connectivity index (χ0n) is 15.3. The van der Waals surface area contributed by atoms with Gasteiger partial charge in [-0.3, -0.25) is 4.79 Å². The zero-order valence-corrected chi connectivity index (χ0v) is 16.9. The van der Waals surface area contributed by atoms with Crippen LogP contribution in [0.2, 0.25) is 0 Å². The van der Waals surface area contributed by atoms with E-state index in [1.807, 2.05) is 17.5 Å². The first-order valence-corrected chi connectivity index (χ1v) is 10.6. The van der Waals surface area contributed by atoms with Crippen LogP contribution < -0.4 is 5.32 Å². The van der Waals surface area contributed by atoms with E-state index in [-0.39, 0.29) is 18.5 Å². The minimum atomic E-state index is -0.0179. The predicted octanol–water partition coefficient (Wildman–Crippen LogP) is 5.22. The van der Waals surface area contributed by atoms with E-state index in [0.717, 1.165) is 22.7 Å². The summed E-state index contributed by atoms with van der Waals surface area (Å²) in [6.45, 7) is 4.35. The van der Waals surface area contributed by atoms with Gasteiger partial charge in [0.25, 0.3) is 5.91 Å². The molecule has 0 saturated carbocycles. The van der Waals surface area contributed by atoms with Gasteiger partial charge in [0.05, 0.1) is 23.2 Å². The Hall–Kier alpha value is -2.44. The number of anilines is 1. The number of thiophene rings is 2. The molecule has 1 atom stereocenters. The van der Waals surface area contributed by atoms with Crippen molar-refractivity contribution >= 4 is 40.0 Å². The number of carbonyl (C=O) groups is 1. The first-order chi connectivity index (χ1) is 13.1. The van der Waals surface area contributed by atoms with Crippen LogP contribution in [0.1, 0.15) is 33.3 Å². The number of aryl methyl sites for hydroxylation is 2. The molecule has 1 N–H and O–H groups in total. The summed E-state index contributed by atoms with van der Waals surface area (Å²) in [4.78, 5) is 15.3. The number of rotatable bonds is 5. The van der Waals surface area contributed by atoms with Gasteiger partial charge in [0.1, 0.15) is 0 Å². The van der Waals surface area contributed by atoms with E-state index in [4.69, 9.17) is 5.10 Å². The average molecular weight is 396 g/mol. The Morgan fingerprint density at radius 1 is 1.15 bits per heavy atom. The number of carbonyl (C=O) groups excluding carboxylic acids is 1. The molecule has 1 aromatic carbocycles. The fraction of sp³-hybridized carbons (Fsp3) is 0.238. The van der Waals surface area contributed by atoms with E-state index in [2.05, 4.69) is 54.9 Å². The van der Waals surface area contributed by atoms with Crippen LogP contribution in [0.15, 0.2) is 58.3 Å². The van der Waals surface area contributed by atoms with Gasteiger partial charge in [-0.05, 0) is 60.0 Å². The molecule has 0 saturated heterocycles. The number of nitrogens with one attached hydrogen (secondary N) is 1. The molecule has 1 unspecified atom stereocenters. The molecule has 4 rings (SSSR count). The van der Waals surface area contributed by atoms with Gasteiger partial charge >= 0.3 is 0 Å². The molecule has 1 aliphatic heterocycles. The molecule has 0 fully saturated rings. The first-order valence-electron chi connectivity index (χ1n) is 8.89. The van der Waals surface area contributed by atoms with E-state index < -0.39 is 0 Å². The summed E-state index contributed by atoms with van der Waals surface area (Å²) < 4.78 is 0. The first kappa shape index (κ1) is 17.9. The summed E-state index contributed by atoms with van der Waals surface area (Å²) in [5.41, 5.74) is 4.32. The van der Waals surface area contributed by atoms with Crippen molar-refractivity contribution in [1.82, 2.24) is 5.01 Å². The summed E-state index contributed by atoms with van der Waals surface area (Å²) in [5.74, 6) is -0.0147. The van der Waals surface area contributed by atoms with Crippen molar-refractivity contribution in [3.63, 3.8) is 0 Å². The van der Waals surface area contributed by atoms with E-state index >= 15 is 0 Å². The fourth-order valence-corrected chi connectivity index (χ4v) is 4.90. The molecular weight excluding hydrogens is 374 g/mol. The predicted molar refractivity (Wildman–Crippen MR) is 114 cm³/mol. The molecule has 0 spiro atoms. The Morgan fingerprint density at radius 3 is 2.56 bits per heavy atom. The fourth-order valence-electron chi connectivity index (χ4n) is 3.37. The summed E-state index contributed by atoms with van der Waals surface area (Å²) in [6, 6.07) is 14.4. The second-order valence-corrected chi connectivity index (χ2v) is 8.65. The Bertz CT molecular complexity index is 941. The van der Waals surface area contributed by atoms with Crippen LogP contribution in [0, 0.1) is 13.8 Å². The number of hydrogen-bond acceptors (Lipinski definition) is 5. The van der Waals surface area contributed by atoms with E-state index in [0.29, 0.717) is 0 Å². The summed E-state index contributed by atoms with van der Waals surface area (Å²) >= 11 is 3.34. The third kappa shape index (κ3) is 3.96. The molecular formula is C21H21N3OS2. The monoisotopic (exact) mass is 395 g/mol. The molecule has 1 aliphatic rings. The SMILES string of the molecule is Cc1cc(C)cc(NCC(=O)N2N=C(c3cccs3)CC2c2cccs2)c1. The largest absolute Gasteiger partial charge is 0.376 e. The number of hydrogen-bond donors (Lipinski definition) is 1. The van der Waals surface area contributed by atoms with Crippen molar-refractivity contribution in [3.05, 3.63) is 74.1 Å². The lowest BCUT2D eigenvalue weighted by Crippen LogP contribution is -2.32. The Balaban J connectivity index is 1.53. The second kappa shape index (κ2) is 7.66. The summed E-state index contributed by atoms with van der Waals surface area (Å²) in [6.07, 6.45) is 0.760. The van der Waals surface area contributed by atoms with Crippen LogP contribution in [0.25, 0.3) is 0 Å². The van der Waals surface area contributed by atoms with Crippen molar-refractivity contribution in [2.24, 2.45) is 5.10 Å². The van der Waals surface area contributed by atoms with E-state index in [9.17, 15) is 4.79 Å². The average Bonchev–Trinajstić information content (AvgIpc) is 3.39. The highest BCUT2D eigenvalue weighted by Crippen LogP contribution is 2.35. The molecule has 1 amide bonds. The van der Waals surface area contributed by atoms with Crippen LogP contribution in [-0.2, 0) is 4.79 Å². The van der Waals surface area contributed by atoms with Crippen molar-refractivity contribution in [2.75, 3.05) is 11.9 Å². The van der Waals surface area contributed by atoms with Crippen LogP contribution >= 0.6 is 22.7 Å². The lowest BCUT2D eigenvalue weighted by atomic mass is 10.1. The van der Waals surface area contributed by atoms with Crippen LogP contribution in [0.4, 0.5) is 5.69 Å². The highest BCUT2D eigenvalue weighted by molar-refractivity contribution is 7.12. The number of benzene rings is 1. The summed E-state index contributed by atoms with van der Waals surface area (Å²) in [7, 11) is 0. The Kier molecular flexibility index (Phi) is 5.09. The Morgan fingerprint density at radius 2 is 1.89 bits per heavy atom. The molecule has 138 valence electrons. The van der Waals surface area contributed by atoms with Gasteiger partial charge < -0.3 is 5.32 Å². The summed E-state index contributed by atoms with van der Waals surface area (Å²) in [5, 5.41) is 13.7. The molecule has 0 radical (unpaired) electrons. The maximum absolute atomic E-state index is 13.0. The Labute approximate surface area is 167 Å². The molecule has 4 nitrogen and oxygen atoms in total. The highest BCUT2D eigenvalue weighted by atomic mass is 32.1. The van der Waals surface area contributed by atoms with Gasteiger partial charge in [0.15, 0.2) is 0 Å². The molecule has 0 aliphatic carbocycles. The quantitative estimate of drug-likeness (QED) is 0.644. The third-order valence-electron chi connectivity index (χ3n) is 4.51. The normalized spacial score (nSPS) is 16.4. The number of hydrazone groups is 1. The van der Waals surface area contributed by atoms with Crippen molar-refractivity contribution in [1.29, 1.82) is 0 Å². The minimum absolute atomic E-state index is 0.0147. The van der Waals surface area contributed by atoms with E-state index in [1.54, 1.807) is 27.7 Å². The van der Waals surface area contributed by atoms with E-state index in [1.165, 1.54) is 16.0 Å². The van der Waals surface area contributed by atoms with Crippen LogP contribution in [0.5, 0.6) is 0 Å². The minimum Gasteiger partial charge on any atom is -0.376 e. The third-order valence-corrected chi connectivity index (χ3v) is 6.40. The van der Waals surface area contributed by atoms with Gasteiger partial charge in [-0.15, -0.1) is 22.7 Å². The second-order valence-electron chi connectivity index (χ2n) is 6.73. The van der Waals surface area contributed by atoms with Gasteiger partial charge in [-0.1, -0.05) is 18.2 Å². The number of nitrogens with zero attached hydrogens (tertiary/aromatic N) is 2. The molecule has 27 heavy (non-hydrogen) atoms. The van der Waals surface area contributed by atoms with Crippen LogP contribution in [-0.4, -0.2) is 23.2 Å². The molecule has 3 heterocycles. The van der Waals surface area contributed by atoms with Gasteiger partial charge in [0, 0.05) is 17.0 Å². The van der Waals surface area contributed by atoms with Crippen LogP contribution in [0.3, 0.4) is 0 Å². The topological polar surface area (TPSA) is 44.7 Å². The standard InChI is InChI=1S/C21H21N3OS2/c1-14-9-15(2)11-16(10-14)22-13-21(25)24-18(20-6-4-8-27-20)12-17(23-24)19-5-3-7-26-19/h3-11,18,22H,12-13H2,1-2H3. The van der Waals surface area contributed by atoms with Gasteiger partial charge in [-0.25, -0.2) is 5.01 Å².